The Morgan fingerprint density at radius 2 is 1.83 bits per heavy atom. The number of carboxylic acid groups (broad SMARTS) is 1. The fraction of sp³-hybridized carbons (Fsp3) is 0.576. The molecule has 9 nitrogen and oxygen atoms in total. The summed E-state index contributed by atoms with van der Waals surface area (Å²) in [7, 11) is 5.68. The van der Waals surface area contributed by atoms with Crippen molar-refractivity contribution in [2.24, 2.45) is 5.92 Å². The Balaban J connectivity index is 1.56. The summed E-state index contributed by atoms with van der Waals surface area (Å²) in [6.07, 6.45) is 4.15. The number of rotatable bonds is 16. The van der Waals surface area contributed by atoms with Crippen LogP contribution < -0.4 is 14.2 Å². The van der Waals surface area contributed by atoms with Crippen molar-refractivity contribution in [2.45, 2.75) is 51.0 Å². The molecule has 0 aromatic heterocycles. The highest BCUT2D eigenvalue weighted by atomic mass is 16.5. The summed E-state index contributed by atoms with van der Waals surface area (Å²) in [6.45, 7) is 6.11. The van der Waals surface area contributed by atoms with E-state index in [1.807, 2.05) is 55.4 Å². The Labute approximate surface area is 250 Å². The molecule has 0 saturated carbocycles. The van der Waals surface area contributed by atoms with Crippen LogP contribution in [0.2, 0.25) is 0 Å². The van der Waals surface area contributed by atoms with Crippen molar-refractivity contribution in [1.82, 2.24) is 14.7 Å². The summed E-state index contributed by atoms with van der Waals surface area (Å²) in [5, 5.41) is 10.5. The van der Waals surface area contributed by atoms with E-state index in [1.54, 1.807) is 7.11 Å². The second-order valence-electron chi connectivity index (χ2n) is 11.6. The van der Waals surface area contributed by atoms with Gasteiger partial charge in [0.25, 0.3) is 0 Å². The Kier molecular flexibility index (Phi) is 11.5. The number of fused-ring (bicyclic) bond motifs is 1. The lowest BCUT2D eigenvalue weighted by Crippen LogP contribution is -2.45. The predicted molar refractivity (Wildman–Crippen MR) is 163 cm³/mol. The molecule has 0 unspecified atom stereocenters. The highest BCUT2D eigenvalue weighted by molar-refractivity contribution is 5.79. The zero-order valence-corrected chi connectivity index (χ0v) is 25.6. The van der Waals surface area contributed by atoms with Crippen LogP contribution in [0.1, 0.15) is 49.7 Å². The van der Waals surface area contributed by atoms with Crippen LogP contribution in [0.3, 0.4) is 0 Å². The standard InChI is InChI=1S/C33H47N3O6/c1-5-6-17-35(18-9-16-34(2)3)31(37)23-36-22-26(24-12-13-28-25(21-24)14-19-41-28)32(33(38)39)27(36)15-20-42-30-11-8-7-10-29(30)40-4/h7-8,10-13,21,26-27,32H,5-6,9,14-20,22-23H2,1-4H3,(H,38,39)/t26-,27+,32-/m1/s1. The Morgan fingerprint density at radius 3 is 2.55 bits per heavy atom. The van der Waals surface area contributed by atoms with E-state index in [-0.39, 0.29) is 24.4 Å². The average Bonchev–Trinajstić information content (AvgIpc) is 3.59. The number of carbonyl (C=O) groups is 2. The minimum absolute atomic E-state index is 0.0602. The van der Waals surface area contributed by atoms with Crippen LogP contribution in [0.15, 0.2) is 42.5 Å². The number of unbranched alkanes of at least 4 members (excludes halogenated alkanes) is 1. The zero-order valence-electron chi connectivity index (χ0n) is 25.6. The molecule has 1 amide bonds. The molecule has 3 atom stereocenters. The molecule has 0 spiro atoms. The Morgan fingerprint density at radius 1 is 1.07 bits per heavy atom. The number of amides is 1. The van der Waals surface area contributed by atoms with Crippen LogP contribution in [0.4, 0.5) is 0 Å². The van der Waals surface area contributed by atoms with Gasteiger partial charge in [0.05, 0.1) is 32.8 Å². The smallest absolute Gasteiger partial charge is 0.308 e. The molecule has 0 aliphatic carbocycles. The number of likely N-dealkylation sites (tertiary alicyclic amines) is 1. The van der Waals surface area contributed by atoms with E-state index in [0.717, 1.165) is 55.6 Å². The molecular formula is C33H47N3O6. The average molecular weight is 582 g/mol. The van der Waals surface area contributed by atoms with E-state index in [9.17, 15) is 14.7 Å². The van der Waals surface area contributed by atoms with E-state index < -0.39 is 11.9 Å². The van der Waals surface area contributed by atoms with Crippen LogP contribution in [0.25, 0.3) is 0 Å². The summed E-state index contributed by atoms with van der Waals surface area (Å²) in [4.78, 5) is 32.8. The number of methoxy groups -OCH3 is 1. The largest absolute Gasteiger partial charge is 0.493 e. The summed E-state index contributed by atoms with van der Waals surface area (Å²) < 4.78 is 17.2. The van der Waals surface area contributed by atoms with Gasteiger partial charge in [0.2, 0.25) is 5.91 Å². The number of carbonyl (C=O) groups excluding carboxylic acids is 1. The minimum atomic E-state index is -0.845. The maximum atomic E-state index is 13.7. The van der Waals surface area contributed by atoms with Crippen molar-refractivity contribution < 1.29 is 28.9 Å². The summed E-state index contributed by atoms with van der Waals surface area (Å²) in [5.41, 5.74) is 2.11. The van der Waals surface area contributed by atoms with Crippen molar-refractivity contribution in [3.05, 3.63) is 53.6 Å². The first kappa shape index (κ1) is 31.6. The third-order valence-corrected chi connectivity index (χ3v) is 8.42. The normalized spacial score (nSPS) is 19.9. The fourth-order valence-corrected chi connectivity index (χ4v) is 6.22. The number of nitrogens with zero attached hydrogens (tertiary/aromatic N) is 3. The van der Waals surface area contributed by atoms with E-state index in [1.165, 1.54) is 0 Å². The van der Waals surface area contributed by atoms with Gasteiger partial charge < -0.3 is 29.1 Å². The molecule has 230 valence electrons. The maximum absolute atomic E-state index is 13.7. The first-order chi connectivity index (χ1) is 20.3. The summed E-state index contributed by atoms with van der Waals surface area (Å²) >= 11 is 0. The van der Waals surface area contributed by atoms with Crippen LogP contribution >= 0.6 is 0 Å². The number of hydrogen-bond acceptors (Lipinski definition) is 7. The van der Waals surface area contributed by atoms with Gasteiger partial charge in [-0.25, -0.2) is 0 Å². The number of carboxylic acids is 1. The molecule has 4 rings (SSSR count). The molecule has 2 aliphatic rings. The molecule has 0 bridgehead atoms. The van der Waals surface area contributed by atoms with Crippen molar-refractivity contribution in [1.29, 1.82) is 0 Å². The molecule has 9 heteroatoms. The number of hydrogen-bond donors (Lipinski definition) is 1. The first-order valence-electron chi connectivity index (χ1n) is 15.2. The lowest BCUT2D eigenvalue weighted by atomic mass is 9.83. The van der Waals surface area contributed by atoms with Gasteiger partial charge in [-0.15, -0.1) is 0 Å². The van der Waals surface area contributed by atoms with Gasteiger partial charge in [0.1, 0.15) is 5.75 Å². The molecule has 1 fully saturated rings. The van der Waals surface area contributed by atoms with E-state index >= 15 is 0 Å². The molecule has 42 heavy (non-hydrogen) atoms. The molecular weight excluding hydrogens is 534 g/mol. The van der Waals surface area contributed by atoms with E-state index in [0.29, 0.717) is 44.2 Å². The maximum Gasteiger partial charge on any atom is 0.308 e. The molecule has 2 heterocycles. The molecule has 1 N–H and O–H groups in total. The number of para-hydroxylation sites is 2. The second kappa shape index (κ2) is 15.3. The van der Waals surface area contributed by atoms with Gasteiger partial charge in [-0.05, 0) is 69.2 Å². The van der Waals surface area contributed by atoms with E-state index in [4.69, 9.17) is 14.2 Å². The van der Waals surface area contributed by atoms with Gasteiger partial charge in [-0.3, -0.25) is 14.5 Å². The number of ether oxygens (including phenoxy) is 3. The number of aliphatic carboxylic acids is 1. The molecule has 0 radical (unpaired) electrons. The molecule has 1 saturated heterocycles. The Hall–Kier alpha value is -3.30. The van der Waals surface area contributed by atoms with Crippen molar-refractivity contribution in [2.75, 3.05) is 67.1 Å². The van der Waals surface area contributed by atoms with Crippen LogP contribution in [-0.2, 0) is 16.0 Å². The van der Waals surface area contributed by atoms with Gasteiger partial charge >= 0.3 is 5.97 Å². The lowest BCUT2D eigenvalue weighted by molar-refractivity contribution is -0.144. The fourth-order valence-electron chi connectivity index (χ4n) is 6.22. The lowest BCUT2D eigenvalue weighted by Gasteiger charge is -2.30. The Bertz CT molecular complexity index is 1190. The number of benzene rings is 2. The SMILES string of the molecule is CCCCN(CCCN(C)C)C(=O)CN1C[C@H](c2ccc3c(c2)CCO3)[C@@H](C(=O)O)[C@@H]1CCOc1ccccc1OC. The highest BCUT2D eigenvalue weighted by Crippen LogP contribution is 2.41. The molecule has 2 aromatic carbocycles. The zero-order chi connectivity index (χ0) is 30.1. The third kappa shape index (κ3) is 7.95. The van der Waals surface area contributed by atoms with Crippen LogP contribution in [0, 0.1) is 5.92 Å². The topological polar surface area (TPSA) is 91.8 Å². The predicted octanol–water partition coefficient (Wildman–Crippen LogP) is 4.15. The van der Waals surface area contributed by atoms with Crippen molar-refractivity contribution >= 4 is 11.9 Å². The van der Waals surface area contributed by atoms with Crippen molar-refractivity contribution in [3.63, 3.8) is 0 Å². The van der Waals surface area contributed by atoms with Crippen LogP contribution in [0.5, 0.6) is 17.2 Å². The van der Waals surface area contributed by atoms with Gasteiger partial charge in [-0.1, -0.05) is 37.6 Å². The summed E-state index contributed by atoms with van der Waals surface area (Å²) in [6, 6.07) is 13.1. The quantitative estimate of drug-likeness (QED) is 0.316. The van der Waals surface area contributed by atoms with Crippen LogP contribution in [-0.4, -0.2) is 105 Å². The molecule has 2 aromatic rings. The monoisotopic (exact) mass is 581 g/mol. The third-order valence-electron chi connectivity index (χ3n) is 8.42. The second-order valence-corrected chi connectivity index (χ2v) is 11.6. The van der Waals surface area contributed by atoms with Gasteiger partial charge in [0.15, 0.2) is 11.5 Å². The summed E-state index contributed by atoms with van der Waals surface area (Å²) in [5.74, 6) is 0.435. The van der Waals surface area contributed by atoms with Gasteiger partial charge in [0, 0.05) is 38.0 Å². The van der Waals surface area contributed by atoms with E-state index in [2.05, 4.69) is 22.8 Å². The first-order valence-corrected chi connectivity index (χ1v) is 15.2. The molecule has 2 aliphatic heterocycles. The minimum Gasteiger partial charge on any atom is -0.493 e. The highest BCUT2D eigenvalue weighted by Gasteiger charge is 2.47. The van der Waals surface area contributed by atoms with Crippen molar-refractivity contribution in [3.8, 4) is 17.2 Å². The van der Waals surface area contributed by atoms with Gasteiger partial charge in [-0.2, -0.15) is 0 Å².